The third kappa shape index (κ3) is 4.41. The van der Waals surface area contributed by atoms with E-state index >= 15 is 0 Å². The van der Waals surface area contributed by atoms with E-state index in [1.165, 1.54) is 11.6 Å². The molecule has 1 atom stereocenters. The molecule has 1 aliphatic heterocycles. The van der Waals surface area contributed by atoms with Gasteiger partial charge in [-0.25, -0.2) is 4.98 Å². The molecule has 2 heterocycles. The summed E-state index contributed by atoms with van der Waals surface area (Å²) in [6, 6.07) is 12.0. The van der Waals surface area contributed by atoms with Crippen LogP contribution in [-0.2, 0) is 6.54 Å². The molecule has 22 heavy (non-hydrogen) atoms. The Hall–Kier alpha value is -1.17. The minimum absolute atomic E-state index is 0. The van der Waals surface area contributed by atoms with E-state index in [9.17, 15) is 4.39 Å². The maximum absolute atomic E-state index is 12.8. The van der Waals surface area contributed by atoms with Crippen molar-refractivity contribution in [2.45, 2.75) is 19.0 Å². The Balaban J connectivity index is 0.00000176. The standard InChI is InChI=1S/C16H17BrFN3.ClH/c17-13-3-1-12(2-4-13)9-19-14-7-8-21(11-14)15-5-6-16(18)20-10-15;/h1-6,10,14,19H,7-9,11H2;1H/t14-;/m0./s1. The highest BCUT2D eigenvalue weighted by Gasteiger charge is 2.22. The zero-order chi connectivity index (χ0) is 14.7. The lowest BCUT2D eigenvalue weighted by molar-refractivity contribution is 0.551. The van der Waals surface area contributed by atoms with Gasteiger partial charge >= 0.3 is 0 Å². The van der Waals surface area contributed by atoms with Crippen LogP contribution in [0.3, 0.4) is 0 Å². The summed E-state index contributed by atoms with van der Waals surface area (Å²) < 4.78 is 13.9. The van der Waals surface area contributed by atoms with Gasteiger partial charge in [0.1, 0.15) is 0 Å². The average Bonchev–Trinajstić information content (AvgIpc) is 2.96. The van der Waals surface area contributed by atoms with Gasteiger partial charge in [-0.3, -0.25) is 0 Å². The second-order valence-corrected chi connectivity index (χ2v) is 6.19. The Labute approximate surface area is 144 Å². The first kappa shape index (κ1) is 17.2. The zero-order valence-electron chi connectivity index (χ0n) is 12.0. The normalized spacial score (nSPS) is 17.4. The molecule has 118 valence electrons. The van der Waals surface area contributed by atoms with Crippen LogP contribution in [0.4, 0.5) is 10.1 Å². The van der Waals surface area contributed by atoms with Crippen LogP contribution in [0.5, 0.6) is 0 Å². The molecule has 0 spiro atoms. The number of hydrogen-bond acceptors (Lipinski definition) is 3. The van der Waals surface area contributed by atoms with Crippen LogP contribution < -0.4 is 10.2 Å². The first-order valence-electron chi connectivity index (χ1n) is 7.05. The van der Waals surface area contributed by atoms with E-state index in [0.717, 1.165) is 36.2 Å². The van der Waals surface area contributed by atoms with E-state index in [2.05, 4.69) is 55.4 Å². The van der Waals surface area contributed by atoms with E-state index < -0.39 is 5.95 Å². The number of hydrogen-bond donors (Lipinski definition) is 1. The fourth-order valence-electron chi connectivity index (χ4n) is 2.58. The minimum Gasteiger partial charge on any atom is -0.369 e. The summed E-state index contributed by atoms with van der Waals surface area (Å²) in [6.07, 6.45) is 2.69. The lowest BCUT2D eigenvalue weighted by atomic mass is 10.2. The highest BCUT2D eigenvalue weighted by atomic mass is 79.9. The molecule has 2 aromatic rings. The Kier molecular flexibility index (Phi) is 6.17. The molecule has 0 amide bonds. The highest BCUT2D eigenvalue weighted by Crippen LogP contribution is 2.20. The van der Waals surface area contributed by atoms with Crippen molar-refractivity contribution >= 4 is 34.0 Å². The summed E-state index contributed by atoms with van der Waals surface area (Å²) >= 11 is 3.44. The van der Waals surface area contributed by atoms with Gasteiger partial charge in [0.25, 0.3) is 0 Å². The van der Waals surface area contributed by atoms with Gasteiger partial charge < -0.3 is 10.2 Å². The summed E-state index contributed by atoms with van der Waals surface area (Å²) in [5.41, 5.74) is 2.27. The van der Waals surface area contributed by atoms with Gasteiger partial charge in [-0.15, -0.1) is 12.4 Å². The largest absolute Gasteiger partial charge is 0.369 e. The summed E-state index contributed by atoms with van der Waals surface area (Å²) in [4.78, 5) is 5.96. The van der Waals surface area contributed by atoms with Crippen molar-refractivity contribution < 1.29 is 4.39 Å². The maximum atomic E-state index is 12.8. The molecule has 1 aromatic carbocycles. The molecular weight excluding hydrogens is 369 g/mol. The molecule has 1 fully saturated rings. The van der Waals surface area contributed by atoms with Crippen molar-refractivity contribution in [1.82, 2.24) is 10.3 Å². The van der Waals surface area contributed by atoms with Crippen LogP contribution in [0.2, 0.25) is 0 Å². The predicted molar refractivity (Wildman–Crippen MR) is 93.0 cm³/mol. The number of benzene rings is 1. The Morgan fingerprint density at radius 1 is 1.23 bits per heavy atom. The van der Waals surface area contributed by atoms with Crippen LogP contribution >= 0.6 is 28.3 Å². The molecule has 0 aliphatic carbocycles. The van der Waals surface area contributed by atoms with Crippen molar-refractivity contribution in [3.8, 4) is 0 Å². The smallest absolute Gasteiger partial charge is 0.212 e. The van der Waals surface area contributed by atoms with Crippen LogP contribution in [-0.4, -0.2) is 24.1 Å². The topological polar surface area (TPSA) is 28.2 Å². The highest BCUT2D eigenvalue weighted by molar-refractivity contribution is 9.10. The van der Waals surface area contributed by atoms with Gasteiger partial charge in [0.2, 0.25) is 5.95 Å². The van der Waals surface area contributed by atoms with Crippen LogP contribution in [0.15, 0.2) is 47.1 Å². The predicted octanol–water partition coefficient (Wildman–Crippen LogP) is 3.77. The van der Waals surface area contributed by atoms with Crippen LogP contribution in [0, 0.1) is 5.95 Å². The molecule has 3 rings (SSSR count). The van der Waals surface area contributed by atoms with E-state index in [-0.39, 0.29) is 12.4 Å². The number of rotatable bonds is 4. The molecule has 1 saturated heterocycles. The molecule has 0 radical (unpaired) electrons. The van der Waals surface area contributed by atoms with Gasteiger partial charge in [-0.1, -0.05) is 28.1 Å². The Morgan fingerprint density at radius 3 is 2.68 bits per heavy atom. The number of halogens is 3. The van der Waals surface area contributed by atoms with Crippen molar-refractivity contribution in [2.24, 2.45) is 0 Å². The Morgan fingerprint density at radius 2 is 2.00 bits per heavy atom. The van der Waals surface area contributed by atoms with Gasteiger partial charge in [0.05, 0.1) is 11.9 Å². The number of pyridine rings is 1. The molecule has 1 N–H and O–H groups in total. The zero-order valence-corrected chi connectivity index (χ0v) is 14.4. The first-order chi connectivity index (χ1) is 10.2. The van der Waals surface area contributed by atoms with Crippen LogP contribution in [0.25, 0.3) is 0 Å². The van der Waals surface area contributed by atoms with Gasteiger partial charge in [-0.05, 0) is 36.2 Å². The number of nitrogens with one attached hydrogen (secondary N) is 1. The SMILES string of the molecule is Cl.Fc1ccc(N2CC[C@H](NCc3ccc(Br)cc3)C2)cn1. The first-order valence-corrected chi connectivity index (χ1v) is 7.84. The monoisotopic (exact) mass is 385 g/mol. The molecule has 0 bridgehead atoms. The fraction of sp³-hybridized carbons (Fsp3) is 0.312. The van der Waals surface area contributed by atoms with Gasteiger partial charge in [0, 0.05) is 30.1 Å². The maximum Gasteiger partial charge on any atom is 0.212 e. The van der Waals surface area contributed by atoms with E-state index in [0.29, 0.717) is 6.04 Å². The molecule has 1 aromatic heterocycles. The third-order valence-electron chi connectivity index (χ3n) is 3.77. The van der Waals surface area contributed by atoms with E-state index in [4.69, 9.17) is 0 Å². The summed E-state index contributed by atoms with van der Waals surface area (Å²) in [6.45, 7) is 2.78. The lowest BCUT2D eigenvalue weighted by Gasteiger charge is -2.18. The molecule has 6 heteroatoms. The quantitative estimate of drug-likeness (QED) is 0.811. The summed E-state index contributed by atoms with van der Waals surface area (Å²) in [5.74, 6) is -0.428. The Bertz CT molecular complexity index is 591. The van der Waals surface area contributed by atoms with Crippen molar-refractivity contribution in [3.05, 3.63) is 58.6 Å². The van der Waals surface area contributed by atoms with Crippen molar-refractivity contribution in [3.63, 3.8) is 0 Å². The van der Waals surface area contributed by atoms with Crippen molar-refractivity contribution in [1.29, 1.82) is 0 Å². The lowest BCUT2D eigenvalue weighted by Crippen LogP contribution is -2.32. The number of aromatic nitrogens is 1. The molecule has 3 nitrogen and oxygen atoms in total. The van der Waals surface area contributed by atoms with Gasteiger partial charge in [-0.2, -0.15) is 4.39 Å². The van der Waals surface area contributed by atoms with Crippen LogP contribution in [0.1, 0.15) is 12.0 Å². The third-order valence-corrected chi connectivity index (χ3v) is 4.30. The summed E-state index contributed by atoms with van der Waals surface area (Å²) in [5, 5.41) is 3.58. The number of nitrogens with zero attached hydrogens (tertiary/aromatic N) is 2. The number of anilines is 1. The average molecular weight is 387 g/mol. The van der Waals surface area contributed by atoms with E-state index in [1.807, 2.05) is 0 Å². The molecule has 0 unspecified atom stereocenters. The fourth-order valence-corrected chi connectivity index (χ4v) is 2.85. The molecule has 1 aliphatic rings. The summed E-state index contributed by atoms with van der Waals surface area (Å²) in [7, 11) is 0. The molecule has 0 saturated carbocycles. The second-order valence-electron chi connectivity index (χ2n) is 5.28. The minimum atomic E-state index is -0.428. The second kappa shape index (κ2) is 7.90. The van der Waals surface area contributed by atoms with E-state index in [1.54, 1.807) is 12.3 Å². The molecular formula is C16H18BrClFN3. The van der Waals surface area contributed by atoms with Crippen molar-refractivity contribution in [2.75, 3.05) is 18.0 Å². The van der Waals surface area contributed by atoms with Gasteiger partial charge in [0.15, 0.2) is 0 Å².